The second-order valence-corrected chi connectivity index (χ2v) is 7.80. The molecule has 0 spiro atoms. The summed E-state index contributed by atoms with van der Waals surface area (Å²) in [6, 6.07) is 14.1. The van der Waals surface area contributed by atoms with Gasteiger partial charge in [0, 0.05) is 38.6 Å². The number of benzene rings is 2. The highest BCUT2D eigenvalue weighted by Crippen LogP contribution is 2.25. The molecule has 2 N–H and O–H groups in total. The minimum absolute atomic E-state index is 0.0481. The van der Waals surface area contributed by atoms with Crippen LogP contribution in [0.15, 0.2) is 42.5 Å². The maximum atomic E-state index is 12.1. The Bertz CT molecular complexity index is 837. The molecule has 2 atom stereocenters. The van der Waals surface area contributed by atoms with Crippen LogP contribution in [0.5, 0.6) is 5.75 Å². The van der Waals surface area contributed by atoms with E-state index in [1.807, 2.05) is 19.1 Å². The van der Waals surface area contributed by atoms with Crippen molar-refractivity contribution in [3.8, 4) is 5.75 Å². The van der Waals surface area contributed by atoms with E-state index in [1.165, 1.54) is 16.7 Å². The summed E-state index contributed by atoms with van der Waals surface area (Å²) in [5, 5.41) is 14.1. The number of nitrogens with zero attached hydrogens (tertiary/aromatic N) is 1. The van der Waals surface area contributed by atoms with Gasteiger partial charge in [-0.25, -0.2) is 0 Å². The summed E-state index contributed by atoms with van der Waals surface area (Å²) in [7, 11) is 0. The zero-order valence-electron chi connectivity index (χ0n) is 17.6. The van der Waals surface area contributed by atoms with Gasteiger partial charge in [-0.05, 0) is 42.7 Å². The number of aliphatic hydroxyl groups excluding tert-OH is 1. The first-order chi connectivity index (χ1) is 14.0. The van der Waals surface area contributed by atoms with Crippen LogP contribution in [0.2, 0.25) is 0 Å². The van der Waals surface area contributed by atoms with Crippen molar-refractivity contribution in [1.82, 2.24) is 10.2 Å². The van der Waals surface area contributed by atoms with Gasteiger partial charge in [0.2, 0.25) is 0 Å². The van der Waals surface area contributed by atoms with Gasteiger partial charge in [-0.1, -0.05) is 37.3 Å². The summed E-state index contributed by atoms with van der Waals surface area (Å²) >= 11 is 0. The summed E-state index contributed by atoms with van der Waals surface area (Å²) < 4.78 is 5.83. The lowest BCUT2D eigenvalue weighted by molar-refractivity contribution is 0.0433. The number of β-amino-alcohol motifs (C(OH)–C–C–N with tert-alkyl or cyclic N) is 1. The maximum Gasteiger partial charge on any atom is 0.166 e. The number of hydrogen-bond donors (Lipinski definition) is 2. The summed E-state index contributed by atoms with van der Waals surface area (Å²) in [6.07, 6.45) is -0.201. The molecule has 29 heavy (non-hydrogen) atoms. The van der Waals surface area contributed by atoms with Gasteiger partial charge < -0.3 is 15.2 Å². The standard InChI is InChI=1S/C24H32N2O3/c1-4-23(28)21-7-5-6-8-24(21)29-16-20(27)15-26-12-11-25-14-22(26)19-10-9-17(2)18(3)13-19/h5-10,13,20,22,25,27H,4,11-12,14-16H2,1-3H3. The van der Waals surface area contributed by atoms with E-state index in [0.29, 0.717) is 24.3 Å². The molecule has 2 unspecified atom stereocenters. The van der Waals surface area contributed by atoms with Crippen molar-refractivity contribution in [2.24, 2.45) is 0 Å². The molecule has 0 radical (unpaired) electrons. The molecule has 0 bridgehead atoms. The number of carbonyl (C=O) groups excluding carboxylic acids is 1. The average Bonchev–Trinajstić information content (AvgIpc) is 2.74. The number of carbonyl (C=O) groups is 1. The van der Waals surface area contributed by atoms with Crippen molar-refractivity contribution < 1.29 is 14.6 Å². The number of hydrogen-bond acceptors (Lipinski definition) is 5. The van der Waals surface area contributed by atoms with Crippen LogP contribution in [-0.2, 0) is 0 Å². The molecule has 1 fully saturated rings. The number of rotatable bonds is 8. The van der Waals surface area contributed by atoms with E-state index in [-0.39, 0.29) is 18.4 Å². The lowest BCUT2D eigenvalue weighted by Gasteiger charge is -2.37. The minimum atomic E-state index is -0.632. The van der Waals surface area contributed by atoms with Crippen LogP contribution < -0.4 is 10.1 Å². The Kier molecular flexibility index (Phi) is 7.42. The van der Waals surface area contributed by atoms with Crippen LogP contribution in [0.3, 0.4) is 0 Å². The number of nitrogens with one attached hydrogen (secondary N) is 1. The van der Waals surface area contributed by atoms with Gasteiger partial charge in [-0.15, -0.1) is 0 Å². The second kappa shape index (κ2) is 10.0. The molecule has 2 aromatic rings. The number of para-hydroxylation sites is 1. The normalized spacial score (nSPS) is 18.4. The number of aliphatic hydroxyl groups is 1. The number of piperazine rings is 1. The van der Waals surface area contributed by atoms with Crippen molar-refractivity contribution in [3.63, 3.8) is 0 Å². The Hall–Kier alpha value is -2.21. The van der Waals surface area contributed by atoms with E-state index in [0.717, 1.165) is 19.6 Å². The number of ketones is 1. The molecule has 1 aliphatic rings. The van der Waals surface area contributed by atoms with E-state index in [4.69, 9.17) is 4.74 Å². The SMILES string of the molecule is CCC(=O)c1ccccc1OCC(O)CN1CCNCC1c1ccc(C)c(C)c1. The van der Waals surface area contributed by atoms with Crippen molar-refractivity contribution in [2.75, 3.05) is 32.8 Å². The smallest absolute Gasteiger partial charge is 0.166 e. The van der Waals surface area contributed by atoms with Crippen LogP contribution in [0, 0.1) is 13.8 Å². The topological polar surface area (TPSA) is 61.8 Å². The van der Waals surface area contributed by atoms with Crippen LogP contribution in [0.1, 0.15) is 46.4 Å². The quantitative estimate of drug-likeness (QED) is 0.671. The molecule has 1 saturated heterocycles. The van der Waals surface area contributed by atoms with Crippen LogP contribution in [0.4, 0.5) is 0 Å². The molecule has 1 aliphatic heterocycles. The first-order valence-corrected chi connectivity index (χ1v) is 10.4. The average molecular weight is 397 g/mol. The maximum absolute atomic E-state index is 12.1. The van der Waals surface area contributed by atoms with Crippen LogP contribution in [-0.4, -0.2) is 54.7 Å². The third kappa shape index (κ3) is 5.44. The van der Waals surface area contributed by atoms with E-state index >= 15 is 0 Å². The predicted molar refractivity (Wildman–Crippen MR) is 116 cm³/mol. The third-order valence-electron chi connectivity index (χ3n) is 5.66. The van der Waals surface area contributed by atoms with Crippen LogP contribution in [0.25, 0.3) is 0 Å². The molecule has 0 saturated carbocycles. The van der Waals surface area contributed by atoms with Crippen molar-refractivity contribution in [2.45, 2.75) is 39.3 Å². The van der Waals surface area contributed by atoms with Gasteiger partial charge >= 0.3 is 0 Å². The lowest BCUT2D eigenvalue weighted by atomic mass is 9.98. The largest absolute Gasteiger partial charge is 0.490 e. The first-order valence-electron chi connectivity index (χ1n) is 10.4. The summed E-state index contributed by atoms with van der Waals surface area (Å²) in [6.45, 7) is 9.44. The fourth-order valence-corrected chi connectivity index (χ4v) is 3.79. The van der Waals surface area contributed by atoms with E-state index in [1.54, 1.807) is 12.1 Å². The molecular formula is C24H32N2O3. The molecule has 1 heterocycles. The van der Waals surface area contributed by atoms with Crippen molar-refractivity contribution >= 4 is 5.78 Å². The highest BCUT2D eigenvalue weighted by Gasteiger charge is 2.26. The third-order valence-corrected chi connectivity index (χ3v) is 5.66. The first kappa shape index (κ1) is 21.5. The molecule has 3 rings (SSSR count). The Balaban J connectivity index is 1.64. The Morgan fingerprint density at radius 1 is 1.24 bits per heavy atom. The minimum Gasteiger partial charge on any atom is -0.490 e. The summed E-state index contributed by atoms with van der Waals surface area (Å²) in [5.41, 5.74) is 4.43. The summed E-state index contributed by atoms with van der Waals surface area (Å²) in [4.78, 5) is 14.4. The van der Waals surface area contributed by atoms with E-state index in [2.05, 4.69) is 42.3 Å². The molecular weight excluding hydrogens is 364 g/mol. The van der Waals surface area contributed by atoms with Gasteiger partial charge in [0.05, 0.1) is 5.56 Å². The fraction of sp³-hybridized carbons (Fsp3) is 0.458. The molecule has 0 aromatic heterocycles. The monoisotopic (exact) mass is 396 g/mol. The number of aryl methyl sites for hydroxylation is 2. The number of Topliss-reactive ketones (excluding diaryl/α,β-unsaturated/α-hetero) is 1. The zero-order chi connectivity index (χ0) is 20.8. The fourth-order valence-electron chi connectivity index (χ4n) is 3.79. The van der Waals surface area contributed by atoms with Crippen LogP contribution >= 0.6 is 0 Å². The van der Waals surface area contributed by atoms with Gasteiger partial charge in [-0.2, -0.15) is 0 Å². The highest BCUT2D eigenvalue weighted by molar-refractivity contribution is 5.98. The Morgan fingerprint density at radius 2 is 2.03 bits per heavy atom. The van der Waals surface area contributed by atoms with Crippen molar-refractivity contribution in [1.29, 1.82) is 0 Å². The molecule has 0 aliphatic carbocycles. The molecule has 2 aromatic carbocycles. The summed E-state index contributed by atoms with van der Waals surface area (Å²) in [5.74, 6) is 0.594. The number of ether oxygens (including phenoxy) is 1. The lowest BCUT2D eigenvalue weighted by Crippen LogP contribution is -2.49. The van der Waals surface area contributed by atoms with Gasteiger partial charge in [0.1, 0.15) is 18.5 Å². The van der Waals surface area contributed by atoms with Crippen molar-refractivity contribution in [3.05, 3.63) is 64.7 Å². The van der Waals surface area contributed by atoms with Gasteiger partial charge in [0.25, 0.3) is 0 Å². The molecule has 5 heteroatoms. The zero-order valence-corrected chi connectivity index (χ0v) is 17.6. The Labute approximate surface area is 173 Å². The Morgan fingerprint density at radius 3 is 2.79 bits per heavy atom. The molecule has 5 nitrogen and oxygen atoms in total. The predicted octanol–water partition coefficient (Wildman–Crippen LogP) is 3.28. The van der Waals surface area contributed by atoms with Gasteiger partial charge in [-0.3, -0.25) is 9.69 Å². The van der Waals surface area contributed by atoms with E-state index in [9.17, 15) is 9.90 Å². The highest BCUT2D eigenvalue weighted by atomic mass is 16.5. The molecule has 156 valence electrons. The second-order valence-electron chi connectivity index (χ2n) is 7.80. The molecule has 0 amide bonds. The van der Waals surface area contributed by atoms with Gasteiger partial charge in [0.15, 0.2) is 5.78 Å². The van der Waals surface area contributed by atoms with E-state index < -0.39 is 6.10 Å².